The Kier molecular flexibility index (Phi) is 2.76. The van der Waals surface area contributed by atoms with Gasteiger partial charge in [-0.2, -0.15) is 0 Å². The summed E-state index contributed by atoms with van der Waals surface area (Å²) in [7, 11) is 2.67. The molecule has 0 aliphatic rings. The molecule has 0 atom stereocenters. The summed E-state index contributed by atoms with van der Waals surface area (Å²) in [4.78, 5) is 9.80. The van der Waals surface area contributed by atoms with Gasteiger partial charge in [0.15, 0.2) is 11.5 Å². The number of phenolic OH excluding ortho intramolecular Hbond substituents is 1. The monoisotopic (exact) mass is 199 g/mol. The van der Waals surface area contributed by atoms with E-state index in [2.05, 4.69) is 0 Å². The number of hydrogen-bond acceptors (Lipinski definition) is 5. The van der Waals surface area contributed by atoms with Crippen molar-refractivity contribution >= 4 is 5.69 Å². The maximum atomic E-state index is 10.4. The van der Waals surface area contributed by atoms with Gasteiger partial charge >= 0.3 is 0 Å². The number of ether oxygens (including phenoxy) is 2. The Labute approximate surface area is 79.8 Å². The molecule has 0 radical (unpaired) electrons. The first kappa shape index (κ1) is 10.1. The molecule has 6 heteroatoms. The second-order valence-corrected chi connectivity index (χ2v) is 2.46. The van der Waals surface area contributed by atoms with E-state index in [-0.39, 0.29) is 22.9 Å². The fourth-order valence-corrected chi connectivity index (χ4v) is 1.04. The highest BCUT2D eigenvalue weighted by molar-refractivity contribution is 5.57. The Bertz CT molecular complexity index is 363. The zero-order valence-electron chi connectivity index (χ0n) is 7.68. The van der Waals surface area contributed by atoms with Crippen LogP contribution in [0.2, 0.25) is 0 Å². The van der Waals surface area contributed by atoms with E-state index in [9.17, 15) is 15.2 Å². The summed E-state index contributed by atoms with van der Waals surface area (Å²) in [5.41, 5.74) is -0.250. The highest BCUT2D eigenvalue weighted by Crippen LogP contribution is 2.39. The molecule has 0 saturated carbocycles. The van der Waals surface area contributed by atoms with Crippen molar-refractivity contribution in [1.82, 2.24) is 0 Å². The molecule has 1 rings (SSSR count). The minimum absolute atomic E-state index is 0.0816. The topological polar surface area (TPSA) is 81.8 Å². The van der Waals surface area contributed by atoms with Crippen LogP contribution < -0.4 is 9.47 Å². The molecule has 0 aliphatic heterocycles. The first-order valence-corrected chi connectivity index (χ1v) is 3.69. The van der Waals surface area contributed by atoms with E-state index in [0.717, 1.165) is 6.07 Å². The van der Waals surface area contributed by atoms with E-state index in [4.69, 9.17) is 9.47 Å². The zero-order valence-corrected chi connectivity index (χ0v) is 7.68. The van der Waals surface area contributed by atoms with E-state index in [1.54, 1.807) is 0 Å². The van der Waals surface area contributed by atoms with Crippen LogP contribution in [0.1, 0.15) is 0 Å². The van der Waals surface area contributed by atoms with Crippen molar-refractivity contribution in [2.24, 2.45) is 0 Å². The SMILES string of the molecule is COc1cc([N+](=O)[O-])cc(O)c1OC. The maximum absolute atomic E-state index is 10.4. The minimum atomic E-state index is -0.623. The molecule has 76 valence electrons. The number of nitro groups is 1. The van der Waals surface area contributed by atoms with Crippen molar-refractivity contribution < 1.29 is 19.5 Å². The van der Waals surface area contributed by atoms with Crippen molar-refractivity contribution in [3.8, 4) is 17.2 Å². The van der Waals surface area contributed by atoms with Gasteiger partial charge in [-0.25, -0.2) is 0 Å². The van der Waals surface area contributed by atoms with Gasteiger partial charge in [0.1, 0.15) is 0 Å². The summed E-state index contributed by atoms with van der Waals surface area (Å²) < 4.78 is 9.62. The maximum Gasteiger partial charge on any atom is 0.277 e. The van der Waals surface area contributed by atoms with Crippen LogP contribution in [-0.2, 0) is 0 Å². The molecule has 1 N–H and O–H groups in total. The third kappa shape index (κ3) is 1.68. The van der Waals surface area contributed by atoms with Gasteiger partial charge in [-0.3, -0.25) is 10.1 Å². The Morgan fingerprint density at radius 3 is 2.43 bits per heavy atom. The van der Waals surface area contributed by atoms with Crippen molar-refractivity contribution in [3.63, 3.8) is 0 Å². The van der Waals surface area contributed by atoms with Gasteiger partial charge in [0.05, 0.1) is 31.3 Å². The van der Waals surface area contributed by atoms with Crippen molar-refractivity contribution in [1.29, 1.82) is 0 Å². The minimum Gasteiger partial charge on any atom is -0.504 e. The lowest BCUT2D eigenvalue weighted by Crippen LogP contribution is -1.94. The Balaban J connectivity index is 3.31. The van der Waals surface area contributed by atoms with Gasteiger partial charge in [-0.05, 0) is 0 Å². The molecule has 0 amide bonds. The lowest BCUT2D eigenvalue weighted by molar-refractivity contribution is -0.385. The normalized spacial score (nSPS) is 9.57. The number of hydrogen-bond donors (Lipinski definition) is 1. The fourth-order valence-electron chi connectivity index (χ4n) is 1.04. The smallest absolute Gasteiger partial charge is 0.277 e. The molecule has 1 aromatic carbocycles. The summed E-state index contributed by atoms with van der Waals surface area (Å²) in [5, 5.41) is 19.8. The Morgan fingerprint density at radius 2 is 2.00 bits per heavy atom. The van der Waals surface area contributed by atoms with Gasteiger partial charge in [-0.1, -0.05) is 0 Å². The summed E-state index contributed by atoms with van der Waals surface area (Å²) in [5.74, 6) is -0.115. The van der Waals surface area contributed by atoms with Crippen molar-refractivity contribution in [2.45, 2.75) is 0 Å². The van der Waals surface area contributed by atoms with E-state index in [0.29, 0.717) is 0 Å². The van der Waals surface area contributed by atoms with Gasteiger partial charge in [0.25, 0.3) is 5.69 Å². The number of aromatic hydroxyl groups is 1. The standard InChI is InChI=1S/C8H9NO5/c1-13-7-4-5(9(11)12)3-6(10)8(7)14-2/h3-4,10H,1-2H3. The number of phenols is 1. The van der Waals surface area contributed by atoms with Crippen LogP contribution in [-0.4, -0.2) is 24.2 Å². The molecule has 6 nitrogen and oxygen atoms in total. The lowest BCUT2D eigenvalue weighted by Gasteiger charge is -2.08. The fraction of sp³-hybridized carbons (Fsp3) is 0.250. The van der Waals surface area contributed by atoms with Crippen LogP contribution >= 0.6 is 0 Å². The quantitative estimate of drug-likeness (QED) is 0.586. The summed E-state index contributed by atoms with van der Waals surface area (Å²) in [6.07, 6.45) is 0. The highest BCUT2D eigenvalue weighted by atomic mass is 16.6. The van der Waals surface area contributed by atoms with Crippen molar-refractivity contribution in [2.75, 3.05) is 14.2 Å². The molecule has 0 unspecified atom stereocenters. The van der Waals surface area contributed by atoms with Gasteiger partial charge in [0, 0.05) is 0 Å². The number of nitrogens with zero attached hydrogens (tertiary/aromatic N) is 1. The van der Waals surface area contributed by atoms with E-state index < -0.39 is 4.92 Å². The van der Waals surface area contributed by atoms with Gasteiger partial charge in [-0.15, -0.1) is 0 Å². The first-order valence-electron chi connectivity index (χ1n) is 3.69. The third-order valence-corrected chi connectivity index (χ3v) is 1.65. The Morgan fingerprint density at radius 1 is 1.36 bits per heavy atom. The van der Waals surface area contributed by atoms with E-state index in [1.807, 2.05) is 0 Å². The number of methoxy groups -OCH3 is 2. The largest absolute Gasteiger partial charge is 0.504 e. The summed E-state index contributed by atoms with van der Waals surface area (Å²) in [6, 6.07) is 2.18. The molecule has 14 heavy (non-hydrogen) atoms. The average molecular weight is 199 g/mol. The van der Waals surface area contributed by atoms with Gasteiger partial charge < -0.3 is 14.6 Å². The van der Waals surface area contributed by atoms with Crippen molar-refractivity contribution in [3.05, 3.63) is 22.2 Å². The van der Waals surface area contributed by atoms with Crippen LogP contribution in [0.5, 0.6) is 17.2 Å². The van der Waals surface area contributed by atoms with Crippen LogP contribution in [0.25, 0.3) is 0 Å². The predicted octanol–water partition coefficient (Wildman–Crippen LogP) is 1.32. The second-order valence-electron chi connectivity index (χ2n) is 2.46. The molecule has 0 heterocycles. The predicted molar refractivity (Wildman–Crippen MR) is 47.9 cm³/mol. The van der Waals surface area contributed by atoms with E-state index >= 15 is 0 Å². The molecular formula is C8H9NO5. The van der Waals surface area contributed by atoms with Crippen LogP contribution in [0.3, 0.4) is 0 Å². The zero-order chi connectivity index (χ0) is 10.7. The summed E-state index contributed by atoms with van der Waals surface area (Å²) >= 11 is 0. The molecule has 0 fully saturated rings. The highest BCUT2D eigenvalue weighted by Gasteiger charge is 2.17. The van der Waals surface area contributed by atoms with Crippen LogP contribution in [0.15, 0.2) is 12.1 Å². The third-order valence-electron chi connectivity index (χ3n) is 1.65. The van der Waals surface area contributed by atoms with E-state index in [1.165, 1.54) is 20.3 Å². The molecule has 0 aliphatic carbocycles. The lowest BCUT2D eigenvalue weighted by atomic mass is 10.2. The molecule has 0 saturated heterocycles. The number of nitro benzene ring substituents is 1. The van der Waals surface area contributed by atoms with Crippen LogP contribution in [0.4, 0.5) is 5.69 Å². The average Bonchev–Trinajstić information content (AvgIpc) is 2.16. The molecule has 0 bridgehead atoms. The number of benzene rings is 1. The van der Waals surface area contributed by atoms with Gasteiger partial charge in [0.2, 0.25) is 5.75 Å². The van der Waals surface area contributed by atoms with Crippen LogP contribution in [0, 0.1) is 10.1 Å². The molecular weight excluding hydrogens is 190 g/mol. The summed E-state index contributed by atoms with van der Waals surface area (Å²) in [6.45, 7) is 0. The molecule has 0 aromatic heterocycles. The number of rotatable bonds is 3. The first-order chi connectivity index (χ1) is 6.60. The molecule has 1 aromatic rings. The number of non-ortho nitro benzene ring substituents is 1. The Hall–Kier alpha value is -1.98. The second kappa shape index (κ2) is 3.82. The molecule has 0 spiro atoms.